The fourth-order valence-corrected chi connectivity index (χ4v) is 4.77. The van der Waals surface area contributed by atoms with Gasteiger partial charge in [-0.25, -0.2) is 4.98 Å². The molecule has 1 aliphatic heterocycles. The van der Waals surface area contributed by atoms with E-state index in [1.54, 1.807) is 23.1 Å². The van der Waals surface area contributed by atoms with Crippen molar-refractivity contribution in [3.63, 3.8) is 0 Å². The molecule has 2 aromatic carbocycles. The summed E-state index contributed by atoms with van der Waals surface area (Å²) < 4.78 is 13.3. The molecule has 0 saturated carbocycles. The van der Waals surface area contributed by atoms with Crippen LogP contribution in [0, 0.1) is 0 Å². The number of halogens is 2. The third-order valence-corrected chi connectivity index (χ3v) is 6.12. The zero-order chi connectivity index (χ0) is 15.8. The first kappa shape index (κ1) is 15.4. The minimum absolute atomic E-state index is 0.537. The molecular weight excluding hydrogens is 373 g/mol. The van der Waals surface area contributed by atoms with Crippen LogP contribution in [0.25, 0.3) is 10.2 Å². The number of nitrogens with zero attached hydrogens (tertiary/aromatic N) is 1. The minimum Gasteiger partial charge on any atom is -0.486 e. The molecule has 0 atom stereocenters. The summed E-state index contributed by atoms with van der Waals surface area (Å²) in [4.78, 5) is 4.61. The Hall–Kier alpha value is -1.14. The maximum Gasteiger partial charge on any atom is 0.179 e. The normalized spacial score (nSPS) is 13.5. The molecule has 0 radical (unpaired) electrons. The van der Waals surface area contributed by atoms with Crippen LogP contribution in [0.1, 0.15) is 5.56 Å². The first-order chi connectivity index (χ1) is 11.2. The minimum atomic E-state index is 0.537. The summed E-state index contributed by atoms with van der Waals surface area (Å²) >= 11 is 15.6. The van der Waals surface area contributed by atoms with E-state index in [9.17, 15) is 0 Å². The molecule has 2 heterocycles. The molecule has 1 aromatic heterocycles. The molecule has 3 aromatic rings. The van der Waals surface area contributed by atoms with Crippen molar-refractivity contribution < 1.29 is 9.47 Å². The smallest absolute Gasteiger partial charge is 0.179 e. The molecule has 118 valence electrons. The van der Waals surface area contributed by atoms with Gasteiger partial charge in [0, 0.05) is 10.8 Å². The number of benzene rings is 2. The van der Waals surface area contributed by atoms with Crippen LogP contribution in [0.5, 0.6) is 11.5 Å². The lowest BCUT2D eigenvalue weighted by molar-refractivity contribution is 0.171. The van der Waals surface area contributed by atoms with E-state index in [0.717, 1.165) is 31.6 Å². The van der Waals surface area contributed by atoms with Crippen LogP contribution in [-0.2, 0) is 5.75 Å². The number of fused-ring (bicyclic) bond motifs is 2. The second-order valence-corrected chi connectivity index (χ2v) is 8.08. The van der Waals surface area contributed by atoms with Gasteiger partial charge in [-0.15, -0.1) is 11.3 Å². The molecule has 0 unspecified atom stereocenters. The molecule has 4 rings (SSSR count). The van der Waals surface area contributed by atoms with E-state index < -0.39 is 0 Å². The van der Waals surface area contributed by atoms with Crippen LogP contribution in [0.15, 0.2) is 34.7 Å². The molecule has 1 aliphatic rings. The van der Waals surface area contributed by atoms with Crippen molar-refractivity contribution in [3.05, 3.63) is 45.9 Å². The van der Waals surface area contributed by atoms with Crippen molar-refractivity contribution in [1.29, 1.82) is 0 Å². The molecule has 0 bridgehead atoms. The average Bonchev–Trinajstić information content (AvgIpc) is 2.95. The van der Waals surface area contributed by atoms with Crippen LogP contribution >= 0.6 is 46.3 Å². The Labute approximate surface area is 151 Å². The highest BCUT2D eigenvalue weighted by atomic mass is 35.5. The van der Waals surface area contributed by atoms with Gasteiger partial charge in [0.2, 0.25) is 0 Å². The number of ether oxygens (including phenoxy) is 2. The van der Waals surface area contributed by atoms with Crippen molar-refractivity contribution >= 4 is 56.5 Å². The molecule has 0 saturated heterocycles. The van der Waals surface area contributed by atoms with Crippen LogP contribution in [0.4, 0.5) is 0 Å². The summed E-state index contributed by atoms with van der Waals surface area (Å²) in [6, 6.07) is 9.68. The molecule has 0 aliphatic carbocycles. The zero-order valence-electron chi connectivity index (χ0n) is 11.8. The Bertz CT molecular complexity index is 882. The predicted octanol–water partition coefficient (Wildman–Crippen LogP) is 5.67. The second-order valence-electron chi connectivity index (χ2n) is 4.98. The highest BCUT2D eigenvalue weighted by Gasteiger charge is 2.17. The van der Waals surface area contributed by atoms with E-state index in [4.69, 9.17) is 32.7 Å². The van der Waals surface area contributed by atoms with Gasteiger partial charge in [-0.1, -0.05) is 35.0 Å². The van der Waals surface area contributed by atoms with E-state index in [-0.39, 0.29) is 0 Å². The zero-order valence-corrected chi connectivity index (χ0v) is 15.0. The molecular formula is C16H11Cl2NO2S2. The van der Waals surface area contributed by atoms with Gasteiger partial charge in [-0.3, -0.25) is 0 Å². The highest BCUT2D eigenvalue weighted by molar-refractivity contribution is 8.00. The number of thioether (sulfide) groups is 1. The first-order valence-corrected chi connectivity index (χ1v) is 9.52. The monoisotopic (exact) mass is 383 g/mol. The summed E-state index contributed by atoms with van der Waals surface area (Å²) in [5, 5.41) is 1.30. The molecule has 0 amide bonds. The summed E-state index contributed by atoms with van der Waals surface area (Å²) in [6.07, 6.45) is 0. The van der Waals surface area contributed by atoms with E-state index in [0.29, 0.717) is 29.0 Å². The molecule has 3 nitrogen and oxygen atoms in total. The molecule has 7 heteroatoms. The van der Waals surface area contributed by atoms with E-state index >= 15 is 0 Å². The lowest BCUT2D eigenvalue weighted by atomic mass is 10.2. The lowest BCUT2D eigenvalue weighted by Crippen LogP contribution is -2.15. The van der Waals surface area contributed by atoms with Gasteiger partial charge >= 0.3 is 0 Å². The molecule has 0 spiro atoms. The van der Waals surface area contributed by atoms with Crippen LogP contribution in [-0.4, -0.2) is 18.2 Å². The third-order valence-electron chi connectivity index (χ3n) is 3.35. The standard InChI is InChI=1S/C16H11Cl2NO2S2/c17-10-1-2-14-12(7-10)19-16(23-14)22-8-9-5-11(18)15-13(6-9)20-3-4-21-15/h1-2,5-7H,3-4,8H2. The van der Waals surface area contributed by atoms with Gasteiger partial charge < -0.3 is 9.47 Å². The number of hydrogen-bond donors (Lipinski definition) is 0. The Kier molecular flexibility index (Phi) is 4.28. The topological polar surface area (TPSA) is 31.4 Å². The summed E-state index contributed by atoms with van der Waals surface area (Å²) in [7, 11) is 0. The Morgan fingerprint density at radius 3 is 2.91 bits per heavy atom. The van der Waals surface area contributed by atoms with Crippen LogP contribution in [0.3, 0.4) is 0 Å². The van der Waals surface area contributed by atoms with Gasteiger partial charge in [0.05, 0.1) is 15.2 Å². The fourth-order valence-electron chi connectivity index (χ4n) is 2.33. The van der Waals surface area contributed by atoms with Crippen LogP contribution in [0.2, 0.25) is 10.0 Å². The van der Waals surface area contributed by atoms with Gasteiger partial charge in [0.25, 0.3) is 0 Å². The number of thiazole rings is 1. The largest absolute Gasteiger partial charge is 0.486 e. The fraction of sp³-hybridized carbons (Fsp3) is 0.188. The number of hydrogen-bond acceptors (Lipinski definition) is 5. The van der Waals surface area contributed by atoms with Gasteiger partial charge in [-0.05, 0) is 35.9 Å². The van der Waals surface area contributed by atoms with Crippen LogP contribution < -0.4 is 9.47 Å². The number of rotatable bonds is 3. The Balaban J connectivity index is 1.54. The summed E-state index contributed by atoms with van der Waals surface area (Å²) in [5.74, 6) is 2.13. The molecule has 0 N–H and O–H groups in total. The van der Waals surface area contributed by atoms with Crippen molar-refractivity contribution in [2.75, 3.05) is 13.2 Å². The van der Waals surface area contributed by atoms with E-state index in [1.165, 1.54) is 0 Å². The van der Waals surface area contributed by atoms with E-state index in [1.807, 2.05) is 30.3 Å². The predicted molar refractivity (Wildman–Crippen MR) is 96.6 cm³/mol. The van der Waals surface area contributed by atoms with Gasteiger partial charge in [-0.2, -0.15) is 0 Å². The second kappa shape index (κ2) is 6.40. The van der Waals surface area contributed by atoms with Crippen molar-refractivity contribution in [3.8, 4) is 11.5 Å². The molecule has 23 heavy (non-hydrogen) atoms. The quantitative estimate of drug-likeness (QED) is 0.545. The highest BCUT2D eigenvalue weighted by Crippen LogP contribution is 2.40. The van der Waals surface area contributed by atoms with Crippen molar-refractivity contribution in [1.82, 2.24) is 4.98 Å². The maximum atomic E-state index is 6.27. The summed E-state index contributed by atoms with van der Waals surface area (Å²) in [5.41, 5.74) is 2.02. The Morgan fingerprint density at radius 1 is 1.13 bits per heavy atom. The van der Waals surface area contributed by atoms with Gasteiger partial charge in [0.1, 0.15) is 13.2 Å². The number of aromatic nitrogens is 1. The summed E-state index contributed by atoms with van der Waals surface area (Å²) in [6.45, 7) is 1.09. The van der Waals surface area contributed by atoms with Gasteiger partial charge in [0.15, 0.2) is 15.8 Å². The van der Waals surface area contributed by atoms with E-state index in [2.05, 4.69) is 4.98 Å². The Morgan fingerprint density at radius 2 is 2.00 bits per heavy atom. The van der Waals surface area contributed by atoms with Crippen molar-refractivity contribution in [2.45, 2.75) is 10.1 Å². The average molecular weight is 384 g/mol. The third kappa shape index (κ3) is 3.24. The SMILES string of the molecule is Clc1ccc2sc(SCc3cc(Cl)c4c(c3)OCCO4)nc2c1. The van der Waals surface area contributed by atoms with Crippen molar-refractivity contribution in [2.24, 2.45) is 0 Å². The maximum absolute atomic E-state index is 6.27. The molecule has 0 fully saturated rings. The lowest BCUT2D eigenvalue weighted by Gasteiger charge is -2.20. The first-order valence-electron chi connectivity index (χ1n) is 6.96.